The normalized spacial score (nSPS) is 21.9. The number of likely N-dealkylation sites (N-methyl/N-ethyl adjacent to an activating group) is 1. The number of hydrogen-bond acceptors (Lipinski definition) is 6. The number of amidine groups is 1. The summed E-state index contributed by atoms with van der Waals surface area (Å²) in [4.78, 5) is 19.6. The zero-order chi connectivity index (χ0) is 20.0. The molecule has 2 aromatic carbocycles. The molecule has 29 heavy (non-hydrogen) atoms. The maximum Gasteiger partial charge on any atom is 0.231 e. The molecule has 6 nitrogen and oxygen atoms in total. The third-order valence-electron chi connectivity index (χ3n) is 5.62. The summed E-state index contributed by atoms with van der Waals surface area (Å²) in [5.41, 5.74) is 4.81. The quantitative estimate of drug-likeness (QED) is 0.843. The Morgan fingerprint density at radius 3 is 3.00 bits per heavy atom. The summed E-state index contributed by atoms with van der Waals surface area (Å²) in [7, 11) is 2.13. The first-order chi connectivity index (χ1) is 14.1. The fourth-order valence-corrected chi connectivity index (χ4v) is 5.13. The molecule has 0 spiro atoms. The van der Waals surface area contributed by atoms with Crippen LogP contribution < -0.4 is 19.7 Å². The lowest BCUT2D eigenvalue weighted by Crippen LogP contribution is -2.29. The van der Waals surface area contributed by atoms with E-state index < -0.39 is 0 Å². The molecule has 0 saturated heterocycles. The maximum absolute atomic E-state index is 12.5. The van der Waals surface area contributed by atoms with Crippen molar-refractivity contribution in [1.82, 2.24) is 5.32 Å². The lowest BCUT2D eigenvalue weighted by molar-refractivity contribution is -0.119. The van der Waals surface area contributed by atoms with Crippen molar-refractivity contribution in [1.29, 1.82) is 0 Å². The highest BCUT2D eigenvalue weighted by Crippen LogP contribution is 2.39. The van der Waals surface area contributed by atoms with Gasteiger partial charge in [0.15, 0.2) is 16.7 Å². The molecule has 1 N–H and O–H groups in total. The molecule has 0 aromatic heterocycles. The van der Waals surface area contributed by atoms with Gasteiger partial charge < -0.3 is 19.7 Å². The van der Waals surface area contributed by atoms with E-state index in [-0.39, 0.29) is 30.4 Å². The minimum Gasteiger partial charge on any atom is -0.454 e. The van der Waals surface area contributed by atoms with Gasteiger partial charge in [-0.25, -0.2) is 0 Å². The topological polar surface area (TPSA) is 63.2 Å². The van der Waals surface area contributed by atoms with E-state index in [0.29, 0.717) is 10.9 Å². The molecule has 150 valence electrons. The molecule has 3 aliphatic rings. The van der Waals surface area contributed by atoms with Crippen LogP contribution in [0.5, 0.6) is 11.5 Å². The third kappa shape index (κ3) is 3.55. The first-order valence-corrected chi connectivity index (χ1v) is 10.7. The van der Waals surface area contributed by atoms with Gasteiger partial charge in [0.2, 0.25) is 12.7 Å². The molecule has 0 bridgehead atoms. The summed E-state index contributed by atoms with van der Waals surface area (Å²) in [5, 5.41) is 3.96. The molecule has 0 aliphatic carbocycles. The van der Waals surface area contributed by atoms with Crippen LogP contribution in [0.15, 0.2) is 41.4 Å². The van der Waals surface area contributed by atoms with Crippen molar-refractivity contribution >= 4 is 28.5 Å². The van der Waals surface area contributed by atoms with Crippen LogP contribution in [-0.2, 0) is 17.6 Å². The van der Waals surface area contributed by atoms with Crippen LogP contribution in [0.25, 0.3) is 0 Å². The SMILES string of the molecule is CC1SC(NC(=O)Cc2ccc3c(c2)OCO3)=NC1c1ccc2c(c1)CCN2C. The van der Waals surface area contributed by atoms with Gasteiger partial charge in [0.25, 0.3) is 0 Å². The Labute approximate surface area is 174 Å². The number of hydrogen-bond donors (Lipinski definition) is 1. The number of thioether (sulfide) groups is 1. The molecule has 0 fully saturated rings. The number of aliphatic imine (C=N–C) groups is 1. The lowest BCUT2D eigenvalue weighted by Gasteiger charge is -2.15. The van der Waals surface area contributed by atoms with Crippen LogP contribution >= 0.6 is 11.8 Å². The molecule has 0 saturated carbocycles. The van der Waals surface area contributed by atoms with E-state index in [0.717, 1.165) is 24.3 Å². The van der Waals surface area contributed by atoms with Gasteiger partial charge in [-0.05, 0) is 41.3 Å². The van der Waals surface area contributed by atoms with Gasteiger partial charge in [-0.3, -0.25) is 9.79 Å². The van der Waals surface area contributed by atoms with E-state index >= 15 is 0 Å². The highest BCUT2D eigenvalue weighted by atomic mass is 32.2. The first-order valence-electron chi connectivity index (χ1n) is 9.83. The summed E-state index contributed by atoms with van der Waals surface area (Å²) in [6.07, 6.45) is 1.36. The number of benzene rings is 2. The van der Waals surface area contributed by atoms with Crippen LogP contribution in [0.2, 0.25) is 0 Å². The molecule has 5 rings (SSSR count). The number of rotatable bonds is 3. The Balaban J connectivity index is 1.26. The Hall–Kier alpha value is -2.67. The van der Waals surface area contributed by atoms with Crippen molar-refractivity contribution in [3.8, 4) is 11.5 Å². The molecule has 3 aliphatic heterocycles. The highest BCUT2D eigenvalue weighted by Gasteiger charge is 2.30. The van der Waals surface area contributed by atoms with Crippen molar-refractivity contribution in [2.24, 2.45) is 4.99 Å². The Bertz CT molecular complexity index is 1010. The number of carbonyl (C=O) groups excluding carboxylic acids is 1. The number of carbonyl (C=O) groups is 1. The predicted octanol–water partition coefficient (Wildman–Crippen LogP) is 3.30. The Kier molecular flexibility index (Phi) is 4.62. The van der Waals surface area contributed by atoms with Crippen LogP contribution in [0, 0.1) is 0 Å². The van der Waals surface area contributed by atoms with Crippen LogP contribution in [-0.4, -0.2) is 36.7 Å². The van der Waals surface area contributed by atoms with Gasteiger partial charge in [0.05, 0.1) is 12.5 Å². The standard InChI is InChI=1S/C22H23N3O3S/c1-13-21(16-4-5-17-15(11-16)7-8-25(17)2)24-22(29-13)23-20(26)10-14-3-6-18-19(9-14)28-12-27-18/h3-6,9,11,13,21H,7-8,10,12H2,1-2H3,(H,23,24,26). The third-order valence-corrected chi connectivity index (χ3v) is 6.68. The smallest absolute Gasteiger partial charge is 0.231 e. The van der Waals surface area contributed by atoms with E-state index in [9.17, 15) is 4.79 Å². The first kappa shape index (κ1) is 18.4. The Morgan fingerprint density at radius 1 is 1.24 bits per heavy atom. The lowest BCUT2D eigenvalue weighted by atomic mass is 10.0. The van der Waals surface area contributed by atoms with Gasteiger partial charge in [-0.2, -0.15) is 0 Å². The van der Waals surface area contributed by atoms with Gasteiger partial charge >= 0.3 is 0 Å². The summed E-state index contributed by atoms with van der Waals surface area (Å²) in [5.74, 6) is 1.35. The molecular weight excluding hydrogens is 386 g/mol. The van der Waals surface area contributed by atoms with Gasteiger partial charge in [0, 0.05) is 24.5 Å². The average Bonchev–Trinajstić information content (AvgIpc) is 3.40. The minimum atomic E-state index is -0.0708. The van der Waals surface area contributed by atoms with Gasteiger partial charge in [-0.1, -0.05) is 36.9 Å². The van der Waals surface area contributed by atoms with Crippen molar-refractivity contribution in [2.75, 3.05) is 25.3 Å². The molecule has 3 heterocycles. The van der Waals surface area contributed by atoms with Crippen LogP contribution in [0.3, 0.4) is 0 Å². The minimum absolute atomic E-state index is 0.0667. The van der Waals surface area contributed by atoms with Crippen molar-refractivity contribution in [3.05, 3.63) is 53.1 Å². The predicted molar refractivity (Wildman–Crippen MR) is 115 cm³/mol. The number of ether oxygens (including phenoxy) is 2. The largest absolute Gasteiger partial charge is 0.454 e. The average molecular weight is 410 g/mol. The second-order valence-corrected chi connectivity index (χ2v) is 9.04. The second kappa shape index (κ2) is 7.30. The summed E-state index contributed by atoms with van der Waals surface area (Å²) >= 11 is 1.62. The molecule has 2 atom stereocenters. The summed E-state index contributed by atoms with van der Waals surface area (Å²) < 4.78 is 10.7. The summed E-state index contributed by atoms with van der Waals surface area (Å²) in [6.45, 7) is 3.46. The highest BCUT2D eigenvalue weighted by molar-refractivity contribution is 8.14. The van der Waals surface area contributed by atoms with E-state index in [4.69, 9.17) is 14.5 Å². The van der Waals surface area contributed by atoms with Crippen molar-refractivity contribution in [3.63, 3.8) is 0 Å². The maximum atomic E-state index is 12.5. The van der Waals surface area contributed by atoms with Gasteiger partial charge in [-0.15, -0.1) is 0 Å². The fraction of sp³-hybridized carbons (Fsp3) is 0.364. The fourth-order valence-electron chi connectivity index (χ4n) is 4.08. The zero-order valence-corrected chi connectivity index (χ0v) is 17.3. The molecule has 1 amide bonds. The molecule has 2 aromatic rings. The Morgan fingerprint density at radius 2 is 2.10 bits per heavy atom. The number of nitrogens with zero attached hydrogens (tertiary/aromatic N) is 2. The molecule has 0 radical (unpaired) electrons. The van der Waals surface area contributed by atoms with E-state index in [2.05, 4.69) is 42.4 Å². The number of amides is 1. The van der Waals surface area contributed by atoms with Gasteiger partial charge in [0.1, 0.15) is 0 Å². The number of anilines is 1. The molecule has 2 unspecified atom stereocenters. The van der Waals surface area contributed by atoms with E-state index in [1.807, 2.05) is 18.2 Å². The number of fused-ring (bicyclic) bond motifs is 2. The van der Waals surface area contributed by atoms with Crippen LogP contribution in [0.1, 0.15) is 29.7 Å². The van der Waals surface area contributed by atoms with E-state index in [1.54, 1.807) is 11.8 Å². The molecular formula is C22H23N3O3S. The molecule has 7 heteroatoms. The van der Waals surface area contributed by atoms with E-state index in [1.165, 1.54) is 16.8 Å². The second-order valence-electron chi connectivity index (χ2n) is 7.67. The summed E-state index contributed by atoms with van der Waals surface area (Å²) in [6, 6.07) is 12.3. The van der Waals surface area contributed by atoms with Crippen molar-refractivity contribution < 1.29 is 14.3 Å². The number of nitrogens with one attached hydrogen (secondary N) is 1. The zero-order valence-electron chi connectivity index (χ0n) is 16.5. The van der Waals surface area contributed by atoms with Crippen molar-refractivity contribution in [2.45, 2.75) is 31.1 Å². The van der Waals surface area contributed by atoms with Crippen LogP contribution in [0.4, 0.5) is 5.69 Å². The monoisotopic (exact) mass is 409 g/mol.